The SMILES string of the molecule is CCCCN(C)c1ccc(C)cc1CC(N)CC. The second-order valence-corrected chi connectivity index (χ2v) is 5.28. The molecule has 2 heteroatoms. The molecule has 2 N–H and O–H groups in total. The van der Waals surface area contributed by atoms with E-state index in [-0.39, 0.29) is 6.04 Å². The summed E-state index contributed by atoms with van der Waals surface area (Å²) >= 11 is 0. The van der Waals surface area contributed by atoms with Crippen molar-refractivity contribution >= 4 is 5.69 Å². The summed E-state index contributed by atoms with van der Waals surface area (Å²) in [6.07, 6.45) is 4.49. The Hall–Kier alpha value is -1.02. The molecular formula is C16H28N2. The van der Waals surface area contributed by atoms with Gasteiger partial charge in [-0.15, -0.1) is 0 Å². The molecule has 2 nitrogen and oxygen atoms in total. The molecule has 1 aromatic carbocycles. The van der Waals surface area contributed by atoms with Crippen LogP contribution in [0.5, 0.6) is 0 Å². The second-order valence-electron chi connectivity index (χ2n) is 5.28. The van der Waals surface area contributed by atoms with Crippen molar-refractivity contribution in [2.45, 2.75) is 52.5 Å². The highest BCUT2D eigenvalue weighted by molar-refractivity contribution is 5.54. The Bertz CT molecular complexity index is 360. The van der Waals surface area contributed by atoms with Gasteiger partial charge in [0, 0.05) is 25.3 Å². The molecule has 0 heterocycles. The lowest BCUT2D eigenvalue weighted by atomic mass is 10.00. The molecule has 0 spiro atoms. The van der Waals surface area contributed by atoms with Crippen LogP contribution < -0.4 is 10.6 Å². The number of hydrogen-bond acceptors (Lipinski definition) is 2. The summed E-state index contributed by atoms with van der Waals surface area (Å²) < 4.78 is 0. The van der Waals surface area contributed by atoms with Gasteiger partial charge in [-0.1, -0.05) is 38.0 Å². The van der Waals surface area contributed by atoms with Gasteiger partial charge in [0.15, 0.2) is 0 Å². The highest BCUT2D eigenvalue weighted by Gasteiger charge is 2.10. The Kier molecular flexibility index (Phi) is 6.20. The fraction of sp³-hybridized carbons (Fsp3) is 0.625. The summed E-state index contributed by atoms with van der Waals surface area (Å²) in [6, 6.07) is 6.99. The van der Waals surface area contributed by atoms with Crippen LogP contribution in [0.1, 0.15) is 44.2 Å². The average molecular weight is 248 g/mol. The molecule has 0 aliphatic rings. The molecule has 102 valence electrons. The summed E-state index contributed by atoms with van der Waals surface area (Å²) in [5.74, 6) is 0. The number of anilines is 1. The summed E-state index contributed by atoms with van der Waals surface area (Å²) in [7, 11) is 2.18. The van der Waals surface area contributed by atoms with Crippen molar-refractivity contribution in [2.24, 2.45) is 5.73 Å². The highest BCUT2D eigenvalue weighted by Crippen LogP contribution is 2.23. The molecule has 0 bridgehead atoms. The fourth-order valence-corrected chi connectivity index (χ4v) is 2.19. The Labute approximate surface area is 112 Å². The van der Waals surface area contributed by atoms with Gasteiger partial charge in [-0.3, -0.25) is 0 Å². The molecule has 1 rings (SSSR count). The third-order valence-corrected chi connectivity index (χ3v) is 3.50. The number of nitrogens with zero attached hydrogens (tertiary/aromatic N) is 1. The Balaban J connectivity index is 2.88. The number of benzene rings is 1. The molecular weight excluding hydrogens is 220 g/mol. The molecule has 18 heavy (non-hydrogen) atoms. The minimum Gasteiger partial charge on any atom is -0.374 e. The zero-order valence-electron chi connectivity index (χ0n) is 12.4. The van der Waals surface area contributed by atoms with Crippen LogP contribution in [0, 0.1) is 6.92 Å². The van der Waals surface area contributed by atoms with Gasteiger partial charge in [0.25, 0.3) is 0 Å². The lowest BCUT2D eigenvalue weighted by Gasteiger charge is -2.24. The smallest absolute Gasteiger partial charge is 0.0396 e. The summed E-state index contributed by atoms with van der Waals surface area (Å²) in [4.78, 5) is 2.36. The number of nitrogens with two attached hydrogens (primary N) is 1. The van der Waals surface area contributed by atoms with Gasteiger partial charge in [0.1, 0.15) is 0 Å². The van der Waals surface area contributed by atoms with E-state index in [9.17, 15) is 0 Å². The van der Waals surface area contributed by atoms with Crippen molar-refractivity contribution in [3.63, 3.8) is 0 Å². The predicted molar refractivity (Wildman–Crippen MR) is 81.3 cm³/mol. The lowest BCUT2D eigenvalue weighted by Crippen LogP contribution is -2.25. The normalized spacial score (nSPS) is 12.5. The molecule has 0 saturated carbocycles. The third-order valence-electron chi connectivity index (χ3n) is 3.50. The average Bonchev–Trinajstić information content (AvgIpc) is 2.36. The van der Waals surface area contributed by atoms with E-state index in [1.165, 1.54) is 29.7 Å². The molecule has 1 aromatic rings. The van der Waals surface area contributed by atoms with Gasteiger partial charge in [0.2, 0.25) is 0 Å². The van der Waals surface area contributed by atoms with Gasteiger partial charge in [-0.25, -0.2) is 0 Å². The lowest BCUT2D eigenvalue weighted by molar-refractivity contribution is 0.644. The minimum absolute atomic E-state index is 0.269. The van der Waals surface area contributed by atoms with E-state index in [2.05, 4.69) is 50.9 Å². The largest absolute Gasteiger partial charge is 0.374 e. The predicted octanol–water partition coefficient (Wildman–Crippen LogP) is 3.51. The topological polar surface area (TPSA) is 29.3 Å². The number of aryl methyl sites for hydroxylation is 1. The van der Waals surface area contributed by atoms with E-state index in [4.69, 9.17) is 5.73 Å². The molecule has 0 aromatic heterocycles. The summed E-state index contributed by atoms with van der Waals surface area (Å²) in [5, 5.41) is 0. The second kappa shape index (κ2) is 7.42. The van der Waals surface area contributed by atoms with Gasteiger partial charge < -0.3 is 10.6 Å². The van der Waals surface area contributed by atoms with Gasteiger partial charge >= 0.3 is 0 Å². The van der Waals surface area contributed by atoms with Gasteiger partial charge in [0.05, 0.1) is 0 Å². The van der Waals surface area contributed by atoms with Crippen LogP contribution in [0.25, 0.3) is 0 Å². The summed E-state index contributed by atoms with van der Waals surface area (Å²) in [5.41, 5.74) is 10.2. The fourth-order valence-electron chi connectivity index (χ4n) is 2.19. The van der Waals surface area contributed by atoms with Crippen LogP contribution >= 0.6 is 0 Å². The van der Waals surface area contributed by atoms with Crippen molar-refractivity contribution in [1.29, 1.82) is 0 Å². The van der Waals surface area contributed by atoms with Crippen LogP contribution in [-0.2, 0) is 6.42 Å². The van der Waals surface area contributed by atoms with Crippen molar-refractivity contribution in [1.82, 2.24) is 0 Å². The van der Waals surface area contributed by atoms with Crippen LogP contribution in [0.15, 0.2) is 18.2 Å². The molecule has 0 radical (unpaired) electrons. The Morgan fingerprint density at radius 3 is 2.61 bits per heavy atom. The Morgan fingerprint density at radius 2 is 2.00 bits per heavy atom. The molecule has 0 saturated heterocycles. The standard InChI is InChI=1S/C16H28N2/c1-5-7-10-18(4)16-9-8-13(3)11-14(16)12-15(17)6-2/h8-9,11,15H,5-7,10,12,17H2,1-4H3. The van der Waals surface area contributed by atoms with Crippen molar-refractivity contribution < 1.29 is 0 Å². The van der Waals surface area contributed by atoms with Gasteiger partial charge in [-0.2, -0.15) is 0 Å². The first kappa shape index (κ1) is 15.0. The maximum atomic E-state index is 6.11. The number of unbranched alkanes of at least 4 members (excludes halogenated alkanes) is 1. The molecule has 1 atom stereocenters. The van der Waals surface area contributed by atoms with Crippen molar-refractivity contribution in [2.75, 3.05) is 18.5 Å². The van der Waals surface area contributed by atoms with Crippen LogP contribution in [0.4, 0.5) is 5.69 Å². The minimum atomic E-state index is 0.269. The number of rotatable bonds is 7. The zero-order valence-corrected chi connectivity index (χ0v) is 12.4. The van der Waals surface area contributed by atoms with Crippen molar-refractivity contribution in [3.05, 3.63) is 29.3 Å². The van der Waals surface area contributed by atoms with Gasteiger partial charge in [-0.05, 0) is 37.8 Å². The Morgan fingerprint density at radius 1 is 1.28 bits per heavy atom. The quantitative estimate of drug-likeness (QED) is 0.800. The monoisotopic (exact) mass is 248 g/mol. The summed E-state index contributed by atoms with van der Waals surface area (Å²) in [6.45, 7) is 7.66. The van der Waals surface area contributed by atoms with E-state index in [1.54, 1.807) is 0 Å². The van der Waals surface area contributed by atoms with E-state index < -0.39 is 0 Å². The highest BCUT2D eigenvalue weighted by atomic mass is 15.1. The number of hydrogen-bond donors (Lipinski definition) is 1. The first-order valence-corrected chi connectivity index (χ1v) is 7.14. The molecule has 0 aliphatic heterocycles. The zero-order chi connectivity index (χ0) is 13.5. The van der Waals surface area contributed by atoms with Crippen molar-refractivity contribution in [3.8, 4) is 0 Å². The maximum absolute atomic E-state index is 6.11. The van der Waals surface area contributed by atoms with Crippen LogP contribution in [0.3, 0.4) is 0 Å². The van der Waals surface area contributed by atoms with E-state index in [1.807, 2.05) is 0 Å². The van der Waals surface area contributed by atoms with E-state index in [0.717, 1.165) is 19.4 Å². The third kappa shape index (κ3) is 4.34. The first-order valence-electron chi connectivity index (χ1n) is 7.14. The first-order chi connectivity index (χ1) is 8.58. The van der Waals surface area contributed by atoms with E-state index in [0.29, 0.717) is 0 Å². The molecule has 0 fully saturated rings. The van der Waals surface area contributed by atoms with Crippen LogP contribution in [-0.4, -0.2) is 19.6 Å². The van der Waals surface area contributed by atoms with Crippen LogP contribution in [0.2, 0.25) is 0 Å². The molecule has 1 unspecified atom stereocenters. The molecule has 0 aliphatic carbocycles. The van der Waals surface area contributed by atoms with E-state index >= 15 is 0 Å². The molecule has 0 amide bonds. The maximum Gasteiger partial charge on any atom is 0.0396 e.